The highest BCUT2D eigenvalue weighted by Crippen LogP contribution is 2.46. The lowest BCUT2D eigenvalue weighted by Crippen LogP contribution is -2.55. The summed E-state index contributed by atoms with van der Waals surface area (Å²) in [6.45, 7) is -0.185. The Kier molecular flexibility index (Phi) is 7.13. The molecule has 2 aliphatic heterocycles. The van der Waals surface area contributed by atoms with Crippen LogP contribution in [0.15, 0.2) is 53.4 Å². The number of nitrogens with zero attached hydrogens (tertiary/aromatic N) is 2. The van der Waals surface area contributed by atoms with E-state index < -0.39 is 29.1 Å². The molecule has 2 aromatic carbocycles. The van der Waals surface area contributed by atoms with Crippen LogP contribution in [0.1, 0.15) is 23.7 Å². The molecule has 0 spiro atoms. The Morgan fingerprint density at radius 1 is 1.18 bits per heavy atom. The van der Waals surface area contributed by atoms with Crippen molar-refractivity contribution >= 4 is 52.7 Å². The summed E-state index contributed by atoms with van der Waals surface area (Å²) in [6, 6.07) is 12.9. The first-order valence-corrected chi connectivity index (χ1v) is 12.1. The summed E-state index contributed by atoms with van der Waals surface area (Å²) in [4.78, 5) is 54.8. The maximum Gasteiger partial charge on any atom is 0.251 e. The highest BCUT2D eigenvalue weighted by atomic mass is 35.5. The standard InChI is InChI=1S/C24H25ClN4O4S/c1-28(2)20(31)13-29-17-10-8-15(25)12-18(17)34-22(14-6-4-3-5-7-14)21(24(29)33)27-23(32)16-9-11-19(30)26-16/h3-8,10,12,16,21-22H,9,11,13H2,1-2H3,(H,26,30)(H,27,32)/t16-,21-,22-/m0/s1. The van der Waals surface area contributed by atoms with Gasteiger partial charge in [-0.3, -0.25) is 19.2 Å². The van der Waals surface area contributed by atoms with Crippen molar-refractivity contribution in [3.8, 4) is 0 Å². The molecule has 0 unspecified atom stereocenters. The molecule has 2 N–H and O–H groups in total. The topological polar surface area (TPSA) is 98.8 Å². The molecule has 0 aromatic heterocycles. The SMILES string of the molecule is CN(C)C(=O)CN1C(=O)[C@@H](NC(=O)[C@@H]2CCC(=O)N2)[C@H](c2ccccc2)Sc2cc(Cl)ccc21. The molecule has 34 heavy (non-hydrogen) atoms. The van der Waals surface area contributed by atoms with Gasteiger partial charge in [-0.2, -0.15) is 0 Å². The number of carbonyl (C=O) groups is 4. The minimum Gasteiger partial charge on any atom is -0.347 e. The summed E-state index contributed by atoms with van der Waals surface area (Å²) in [7, 11) is 3.24. The van der Waals surface area contributed by atoms with E-state index in [9.17, 15) is 19.2 Å². The van der Waals surface area contributed by atoms with Gasteiger partial charge in [0.2, 0.25) is 17.7 Å². The Balaban J connectivity index is 1.77. The quantitative estimate of drug-likeness (QED) is 0.656. The summed E-state index contributed by atoms with van der Waals surface area (Å²) < 4.78 is 0. The number of amides is 4. The Bertz CT molecular complexity index is 1130. The zero-order chi connectivity index (χ0) is 24.4. The maximum atomic E-state index is 14.0. The van der Waals surface area contributed by atoms with Gasteiger partial charge in [-0.15, -0.1) is 11.8 Å². The smallest absolute Gasteiger partial charge is 0.251 e. The summed E-state index contributed by atoms with van der Waals surface area (Å²) in [5.41, 5.74) is 1.40. The van der Waals surface area contributed by atoms with Crippen LogP contribution in [0.5, 0.6) is 0 Å². The molecule has 0 saturated carbocycles. The van der Waals surface area contributed by atoms with Crippen molar-refractivity contribution in [1.29, 1.82) is 0 Å². The first-order chi connectivity index (χ1) is 16.2. The minimum absolute atomic E-state index is 0.185. The maximum absolute atomic E-state index is 14.0. The van der Waals surface area contributed by atoms with Gasteiger partial charge in [-0.25, -0.2) is 0 Å². The van der Waals surface area contributed by atoms with E-state index in [0.717, 1.165) is 10.5 Å². The number of likely N-dealkylation sites (N-methyl/N-ethyl adjacent to an activating group) is 1. The molecule has 1 fully saturated rings. The third-order valence-corrected chi connectivity index (χ3v) is 7.45. The van der Waals surface area contributed by atoms with Gasteiger partial charge in [0.25, 0.3) is 5.91 Å². The predicted molar refractivity (Wildman–Crippen MR) is 131 cm³/mol. The van der Waals surface area contributed by atoms with E-state index in [1.54, 1.807) is 32.3 Å². The first-order valence-electron chi connectivity index (χ1n) is 10.9. The number of thioether (sulfide) groups is 1. The van der Waals surface area contributed by atoms with E-state index in [-0.39, 0.29) is 24.8 Å². The molecule has 2 aromatic rings. The third kappa shape index (κ3) is 5.05. The van der Waals surface area contributed by atoms with E-state index in [0.29, 0.717) is 17.1 Å². The molecule has 3 atom stereocenters. The van der Waals surface area contributed by atoms with E-state index in [1.165, 1.54) is 21.6 Å². The average molecular weight is 501 g/mol. The lowest BCUT2D eigenvalue weighted by atomic mass is 10.0. The number of carbonyl (C=O) groups excluding carboxylic acids is 4. The summed E-state index contributed by atoms with van der Waals surface area (Å²) >= 11 is 7.69. The Labute approximate surface area is 207 Å². The van der Waals surface area contributed by atoms with Gasteiger partial charge in [-0.05, 0) is 30.2 Å². The second kappa shape index (κ2) is 10.1. The fraction of sp³-hybridized carbons (Fsp3) is 0.333. The van der Waals surface area contributed by atoms with Gasteiger partial charge < -0.3 is 20.4 Å². The molecule has 1 saturated heterocycles. The van der Waals surface area contributed by atoms with Crippen LogP contribution in [0.2, 0.25) is 5.02 Å². The first kappa shape index (κ1) is 24.1. The normalized spacial score (nSPS) is 22.0. The second-order valence-corrected chi connectivity index (χ2v) is 10.0. The number of halogens is 1. The van der Waals surface area contributed by atoms with Crippen molar-refractivity contribution in [2.75, 3.05) is 25.5 Å². The van der Waals surface area contributed by atoms with Gasteiger partial charge in [0.1, 0.15) is 18.6 Å². The molecule has 4 rings (SSSR count). The zero-order valence-corrected chi connectivity index (χ0v) is 20.4. The van der Waals surface area contributed by atoms with Gasteiger partial charge in [0.05, 0.1) is 10.9 Å². The van der Waals surface area contributed by atoms with Crippen LogP contribution in [-0.4, -0.2) is 61.3 Å². The number of rotatable bonds is 5. The van der Waals surface area contributed by atoms with E-state index in [4.69, 9.17) is 11.6 Å². The van der Waals surface area contributed by atoms with Gasteiger partial charge in [0, 0.05) is 30.4 Å². The van der Waals surface area contributed by atoms with E-state index >= 15 is 0 Å². The van der Waals surface area contributed by atoms with Crippen LogP contribution in [0.3, 0.4) is 0 Å². The highest BCUT2D eigenvalue weighted by molar-refractivity contribution is 7.99. The van der Waals surface area contributed by atoms with Crippen molar-refractivity contribution in [2.45, 2.75) is 35.1 Å². The van der Waals surface area contributed by atoms with Crippen molar-refractivity contribution in [3.63, 3.8) is 0 Å². The van der Waals surface area contributed by atoms with Crippen molar-refractivity contribution in [3.05, 3.63) is 59.1 Å². The van der Waals surface area contributed by atoms with Crippen LogP contribution >= 0.6 is 23.4 Å². The summed E-state index contributed by atoms with van der Waals surface area (Å²) in [6.07, 6.45) is 0.633. The van der Waals surface area contributed by atoms with E-state index in [2.05, 4.69) is 10.6 Å². The molecule has 2 heterocycles. The van der Waals surface area contributed by atoms with Crippen LogP contribution in [0, 0.1) is 0 Å². The summed E-state index contributed by atoms with van der Waals surface area (Å²) in [5, 5.41) is 5.55. The molecule has 8 nitrogen and oxygen atoms in total. The molecule has 0 radical (unpaired) electrons. The average Bonchev–Trinajstić information content (AvgIpc) is 3.22. The van der Waals surface area contributed by atoms with Gasteiger partial charge in [-0.1, -0.05) is 41.9 Å². The second-order valence-electron chi connectivity index (χ2n) is 8.42. The molecule has 0 bridgehead atoms. The predicted octanol–water partition coefficient (Wildman–Crippen LogP) is 2.37. The molecule has 10 heteroatoms. The lowest BCUT2D eigenvalue weighted by Gasteiger charge is -2.29. The van der Waals surface area contributed by atoms with Gasteiger partial charge in [0.15, 0.2) is 0 Å². The molecular weight excluding hydrogens is 476 g/mol. The monoisotopic (exact) mass is 500 g/mol. The number of fused-ring (bicyclic) bond motifs is 1. The fourth-order valence-electron chi connectivity index (χ4n) is 3.97. The van der Waals surface area contributed by atoms with Crippen LogP contribution in [0.25, 0.3) is 0 Å². The van der Waals surface area contributed by atoms with Crippen LogP contribution in [0.4, 0.5) is 5.69 Å². The van der Waals surface area contributed by atoms with Crippen molar-refractivity contribution in [1.82, 2.24) is 15.5 Å². The van der Waals surface area contributed by atoms with Crippen molar-refractivity contribution in [2.24, 2.45) is 0 Å². The molecule has 178 valence electrons. The Morgan fingerprint density at radius 2 is 1.91 bits per heavy atom. The van der Waals surface area contributed by atoms with Crippen molar-refractivity contribution < 1.29 is 19.2 Å². The van der Waals surface area contributed by atoms with Gasteiger partial charge >= 0.3 is 0 Å². The fourth-order valence-corrected chi connectivity index (χ4v) is 5.59. The lowest BCUT2D eigenvalue weighted by molar-refractivity contribution is -0.131. The Hall–Kier alpha value is -3.04. The van der Waals surface area contributed by atoms with E-state index in [1.807, 2.05) is 30.3 Å². The zero-order valence-electron chi connectivity index (χ0n) is 18.8. The van der Waals surface area contributed by atoms with Crippen LogP contribution < -0.4 is 15.5 Å². The largest absolute Gasteiger partial charge is 0.347 e. The number of anilines is 1. The number of benzene rings is 2. The molecule has 2 aliphatic rings. The molecule has 4 amide bonds. The third-order valence-electron chi connectivity index (χ3n) is 5.83. The van der Waals surface area contributed by atoms with Crippen LogP contribution in [-0.2, 0) is 19.2 Å². The molecule has 0 aliphatic carbocycles. The number of hydrogen-bond donors (Lipinski definition) is 2. The summed E-state index contributed by atoms with van der Waals surface area (Å²) in [5.74, 6) is -1.28. The molecular formula is C24H25ClN4O4S. The number of nitrogens with one attached hydrogen (secondary N) is 2. The Morgan fingerprint density at radius 3 is 2.56 bits per heavy atom. The minimum atomic E-state index is -0.974. The number of hydrogen-bond acceptors (Lipinski definition) is 5. The highest BCUT2D eigenvalue weighted by Gasteiger charge is 2.41.